The number of aromatic nitrogens is 1. The molecule has 0 radical (unpaired) electrons. The Morgan fingerprint density at radius 2 is 2.11 bits per heavy atom. The van der Waals surface area contributed by atoms with Gasteiger partial charge in [-0.15, -0.1) is 22.9 Å². The normalized spacial score (nSPS) is 11.7. The van der Waals surface area contributed by atoms with Crippen LogP contribution in [0.4, 0.5) is 0 Å². The Morgan fingerprint density at radius 3 is 2.74 bits per heavy atom. The average Bonchev–Trinajstić information content (AvgIpc) is 2.82. The van der Waals surface area contributed by atoms with E-state index in [0.29, 0.717) is 5.56 Å². The maximum atomic E-state index is 12.2. The summed E-state index contributed by atoms with van der Waals surface area (Å²) in [5.74, 6) is 0.160. The fourth-order valence-corrected chi connectivity index (χ4v) is 3.94. The van der Waals surface area contributed by atoms with Crippen LogP contribution >= 0.6 is 22.9 Å². The number of benzene rings is 1. The number of nitrogens with one attached hydrogen (secondary N) is 1. The van der Waals surface area contributed by atoms with Crippen molar-refractivity contribution in [2.24, 2.45) is 0 Å². The van der Waals surface area contributed by atoms with E-state index in [9.17, 15) is 8.42 Å². The number of hydrogen-bond donors (Lipinski definition) is 1. The molecule has 19 heavy (non-hydrogen) atoms. The first kappa shape index (κ1) is 14.5. The first-order valence-electron chi connectivity index (χ1n) is 5.57. The molecule has 4 nitrogen and oxygen atoms in total. The molecule has 0 aliphatic carbocycles. The predicted octanol–water partition coefficient (Wildman–Crippen LogP) is 2.67. The number of halogens is 1. The van der Waals surface area contributed by atoms with Gasteiger partial charge in [-0.05, 0) is 18.6 Å². The average molecular weight is 317 g/mol. The lowest BCUT2D eigenvalue weighted by atomic mass is 10.2. The lowest BCUT2D eigenvalue weighted by Crippen LogP contribution is -2.24. The Kier molecular flexibility index (Phi) is 4.57. The summed E-state index contributed by atoms with van der Waals surface area (Å²) in [6, 6.07) is 6.70. The highest BCUT2D eigenvalue weighted by Gasteiger charge is 2.17. The van der Waals surface area contributed by atoms with Crippen LogP contribution in [0.25, 0.3) is 0 Å². The topological polar surface area (TPSA) is 59.1 Å². The van der Waals surface area contributed by atoms with Crippen LogP contribution in [0, 0.1) is 6.92 Å². The van der Waals surface area contributed by atoms with Gasteiger partial charge in [0.1, 0.15) is 5.01 Å². The van der Waals surface area contributed by atoms with E-state index in [-0.39, 0.29) is 17.3 Å². The lowest BCUT2D eigenvalue weighted by molar-refractivity contribution is 0.580. The molecular weight excluding hydrogens is 304 g/mol. The molecule has 2 aromatic rings. The van der Waals surface area contributed by atoms with Gasteiger partial charge in [-0.2, -0.15) is 0 Å². The van der Waals surface area contributed by atoms with Crippen molar-refractivity contribution < 1.29 is 8.42 Å². The quantitative estimate of drug-likeness (QED) is 0.863. The molecule has 1 N–H and O–H groups in total. The van der Waals surface area contributed by atoms with Gasteiger partial charge in [0.05, 0.1) is 11.4 Å². The number of rotatable bonds is 5. The molecule has 0 aliphatic rings. The number of nitrogens with zero attached hydrogens (tertiary/aromatic N) is 1. The van der Waals surface area contributed by atoms with E-state index >= 15 is 0 Å². The minimum Gasteiger partial charge on any atom is -0.245 e. The third-order valence-electron chi connectivity index (χ3n) is 2.49. The highest BCUT2D eigenvalue weighted by Crippen LogP contribution is 2.18. The molecule has 2 rings (SSSR count). The molecule has 0 fully saturated rings. The first-order chi connectivity index (χ1) is 9.03. The van der Waals surface area contributed by atoms with Gasteiger partial charge in [-0.25, -0.2) is 18.1 Å². The fourth-order valence-electron chi connectivity index (χ4n) is 1.59. The van der Waals surface area contributed by atoms with Crippen LogP contribution in [-0.2, 0) is 22.4 Å². The maximum Gasteiger partial charge on any atom is 0.241 e. The molecule has 0 bridgehead atoms. The molecule has 7 heteroatoms. The summed E-state index contributed by atoms with van der Waals surface area (Å²) in [4.78, 5) is 4.44. The van der Waals surface area contributed by atoms with Gasteiger partial charge in [0.25, 0.3) is 0 Å². The fraction of sp³-hybridized carbons (Fsp3) is 0.250. The zero-order valence-corrected chi connectivity index (χ0v) is 12.6. The van der Waals surface area contributed by atoms with E-state index in [2.05, 4.69) is 9.71 Å². The molecule has 0 aliphatic heterocycles. The summed E-state index contributed by atoms with van der Waals surface area (Å²) in [6.07, 6.45) is 0. The molecule has 102 valence electrons. The van der Waals surface area contributed by atoms with Crippen LogP contribution in [0.1, 0.15) is 16.3 Å². The van der Waals surface area contributed by atoms with Gasteiger partial charge in [0.15, 0.2) is 0 Å². The summed E-state index contributed by atoms with van der Waals surface area (Å²) in [7, 11) is -3.56. The second-order valence-corrected chi connectivity index (χ2v) is 6.89. The van der Waals surface area contributed by atoms with E-state index in [1.807, 2.05) is 12.3 Å². The first-order valence-corrected chi connectivity index (χ1v) is 8.47. The molecule has 0 unspecified atom stereocenters. The van der Waals surface area contributed by atoms with Crippen LogP contribution in [0.15, 0.2) is 34.5 Å². The zero-order chi connectivity index (χ0) is 13.9. The van der Waals surface area contributed by atoms with Crippen molar-refractivity contribution in [3.8, 4) is 0 Å². The second-order valence-electron chi connectivity index (χ2n) is 3.95. The summed E-state index contributed by atoms with van der Waals surface area (Å²) < 4.78 is 26.9. The van der Waals surface area contributed by atoms with Crippen LogP contribution in [0.2, 0.25) is 0 Å². The number of sulfonamides is 1. The molecular formula is C12H13ClN2O2S2. The van der Waals surface area contributed by atoms with Crippen LogP contribution in [0.5, 0.6) is 0 Å². The minimum atomic E-state index is -3.56. The van der Waals surface area contributed by atoms with Crippen molar-refractivity contribution in [2.75, 3.05) is 0 Å². The Morgan fingerprint density at radius 1 is 1.37 bits per heavy atom. The number of alkyl halides is 1. The monoisotopic (exact) mass is 316 g/mol. The van der Waals surface area contributed by atoms with Crippen molar-refractivity contribution in [1.82, 2.24) is 9.71 Å². The van der Waals surface area contributed by atoms with Crippen molar-refractivity contribution in [3.63, 3.8) is 0 Å². The molecule has 0 saturated carbocycles. The van der Waals surface area contributed by atoms with Gasteiger partial charge in [-0.3, -0.25) is 0 Å². The molecule has 1 aromatic heterocycles. The van der Waals surface area contributed by atoms with E-state index in [1.54, 1.807) is 24.3 Å². The van der Waals surface area contributed by atoms with E-state index < -0.39 is 10.0 Å². The smallest absolute Gasteiger partial charge is 0.241 e. The third-order valence-corrected chi connectivity index (χ3v) is 5.24. The molecule has 1 aromatic carbocycles. The number of hydrogen-bond acceptors (Lipinski definition) is 4. The second kappa shape index (κ2) is 6.00. The highest BCUT2D eigenvalue weighted by atomic mass is 35.5. The SMILES string of the molecule is Cc1csc(CNS(=O)(=O)c2ccccc2CCl)n1. The molecule has 0 spiro atoms. The Labute approximate surface area is 121 Å². The van der Waals surface area contributed by atoms with Crippen molar-refractivity contribution in [3.05, 3.63) is 45.9 Å². The van der Waals surface area contributed by atoms with E-state index in [1.165, 1.54) is 11.3 Å². The molecule has 1 heterocycles. The van der Waals surface area contributed by atoms with Gasteiger partial charge >= 0.3 is 0 Å². The Hall–Kier alpha value is -0.950. The van der Waals surface area contributed by atoms with Gasteiger partial charge < -0.3 is 0 Å². The molecule has 0 atom stereocenters. The lowest BCUT2D eigenvalue weighted by Gasteiger charge is -2.08. The molecule has 0 amide bonds. The van der Waals surface area contributed by atoms with Crippen LogP contribution in [0.3, 0.4) is 0 Å². The largest absolute Gasteiger partial charge is 0.245 e. The van der Waals surface area contributed by atoms with Gasteiger partial charge in [0, 0.05) is 17.0 Å². The summed E-state index contributed by atoms with van der Waals surface area (Å²) in [6.45, 7) is 2.06. The Bertz CT molecular complexity index is 668. The zero-order valence-electron chi connectivity index (χ0n) is 10.3. The third kappa shape index (κ3) is 3.54. The standard InChI is InChI=1S/C12H13ClN2O2S2/c1-9-8-18-12(15-9)7-14-19(16,17)11-5-3-2-4-10(11)6-13/h2-5,8,14H,6-7H2,1H3. The van der Waals surface area contributed by atoms with E-state index in [4.69, 9.17) is 11.6 Å². The van der Waals surface area contributed by atoms with Gasteiger partial charge in [-0.1, -0.05) is 18.2 Å². The van der Waals surface area contributed by atoms with Gasteiger partial charge in [0.2, 0.25) is 10.0 Å². The number of aryl methyl sites for hydroxylation is 1. The van der Waals surface area contributed by atoms with Crippen molar-refractivity contribution >= 4 is 33.0 Å². The Balaban J connectivity index is 2.18. The summed E-state index contributed by atoms with van der Waals surface area (Å²) in [5, 5.41) is 2.63. The summed E-state index contributed by atoms with van der Waals surface area (Å²) >= 11 is 7.19. The minimum absolute atomic E-state index is 0.160. The van der Waals surface area contributed by atoms with Crippen LogP contribution in [-0.4, -0.2) is 13.4 Å². The summed E-state index contributed by atoms with van der Waals surface area (Å²) in [5.41, 5.74) is 1.48. The van der Waals surface area contributed by atoms with Crippen LogP contribution < -0.4 is 4.72 Å². The number of thiazole rings is 1. The van der Waals surface area contributed by atoms with Crippen molar-refractivity contribution in [1.29, 1.82) is 0 Å². The maximum absolute atomic E-state index is 12.2. The van der Waals surface area contributed by atoms with Crippen molar-refractivity contribution in [2.45, 2.75) is 24.2 Å². The molecule has 0 saturated heterocycles. The highest BCUT2D eigenvalue weighted by molar-refractivity contribution is 7.89. The van der Waals surface area contributed by atoms with E-state index in [0.717, 1.165) is 10.7 Å². The predicted molar refractivity (Wildman–Crippen MR) is 76.9 cm³/mol.